The Labute approximate surface area is 128 Å². The van der Waals surface area contributed by atoms with E-state index in [1.54, 1.807) is 36.5 Å². The molecule has 0 saturated heterocycles. The van der Waals surface area contributed by atoms with E-state index in [0.29, 0.717) is 36.6 Å². The second-order valence-electron chi connectivity index (χ2n) is 4.74. The Morgan fingerprint density at radius 2 is 1.86 bits per heavy atom. The summed E-state index contributed by atoms with van der Waals surface area (Å²) in [5, 5.41) is 0. The van der Waals surface area contributed by atoms with Crippen molar-refractivity contribution in [2.45, 2.75) is 6.54 Å². The number of amides is 2. The van der Waals surface area contributed by atoms with Gasteiger partial charge in [0.25, 0.3) is 5.91 Å². The van der Waals surface area contributed by atoms with Crippen molar-refractivity contribution in [3.05, 3.63) is 59.5 Å². The van der Waals surface area contributed by atoms with Crippen LogP contribution in [0.5, 0.6) is 0 Å². The van der Waals surface area contributed by atoms with E-state index in [-0.39, 0.29) is 5.91 Å². The lowest BCUT2D eigenvalue weighted by Gasteiger charge is -2.21. The molecule has 0 aliphatic rings. The number of methoxy groups -OCH3 is 1. The molecule has 0 fully saturated rings. The Balaban J connectivity index is 2.14. The monoisotopic (exact) mass is 302 g/mol. The highest BCUT2D eigenvalue weighted by atomic mass is 16.5. The molecule has 0 aliphatic carbocycles. The molecule has 0 atom stereocenters. The predicted molar refractivity (Wildman–Crippen MR) is 80.3 cm³/mol. The zero-order chi connectivity index (χ0) is 15.9. The van der Waals surface area contributed by atoms with Gasteiger partial charge in [-0.25, -0.2) is 0 Å². The molecule has 6 heteroatoms. The molecule has 2 rings (SSSR count). The van der Waals surface area contributed by atoms with Gasteiger partial charge in [-0.2, -0.15) is 0 Å². The van der Waals surface area contributed by atoms with Crippen molar-refractivity contribution < 1.29 is 18.7 Å². The Bertz CT molecular complexity index is 620. The summed E-state index contributed by atoms with van der Waals surface area (Å²) >= 11 is 0. The van der Waals surface area contributed by atoms with Crippen LogP contribution in [-0.4, -0.2) is 37.0 Å². The summed E-state index contributed by atoms with van der Waals surface area (Å²) in [6.45, 7) is 1.21. The van der Waals surface area contributed by atoms with Crippen LogP contribution in [0, 0.1) is 0 Å². The molecule has 2 amide bonds. The number of rotatable bonds is 7. The van der Waals surface area contributed by atoms with Crippen molar-refractivity contribution in [3.63, 3.8) is 0 Å². The van der Waals surface area contributed by atoms with Crippen LogP contribution < -0.4 is 5.73 Å². The first-order valence-electron chi connectivity index (χ1n) is 6.82. The molecule has 0 bridgehead atoms. The smallest absolute Gasteiger partial charge is 0.254 e. The van der Waals surface area contributed by atoms with Crippen molar-refractivity contribution in [2.24, 2.45) is 5.73 Å². The van der Waals surface area contributed by atoms with Crippen molar-refractivity contribution in [3.8, 4) is 0 Å². The van der Waals surface area contributed by atoms with Crippen molar-refractivity contribution in [2.75, 3.05) is 20.3 Å². The first kappa shape index (κ1) is 15.8. The number of primary amides is 1. The van der Waals surface area contributed by atoms with Crippen LogP contribution in [0.4, 0.5) is 0 Å². The van der Waals surface area contributed by atoms with Crippen molar-refractivity contribution in [1.82, 2.24) is 4.90 Å². The largest absolute Gasteiger partial charge is 0.467 e. The first-order valence-corrected chi connectivity index (χ1v) is 6.82. The minimum atomic E-state index is -0.522. The van der Waals surface area contributed by atoms with Crippen LogP contribution >= 0.6 is 0 Å². The Kier molecular flexibility index (Phi) is 5.32. The summed E-state index contributed by atoms with van der Waals surface area (Å²) in [6, 6.07) is 9.84. The normalized spacial score (nSPS) is 10.4. The van der Waals surface area contributed by atoms with E-state index in [9.17, 15) is 9.59 Å². The number of ether oxygens (including phenoxy) is 1. The number of hydrogen-bond donors (Lipinski definition) is 1. The lowest BCUT2D eigenvalue weighted by molar-refractivity contribution is 0.0666. The Morgan fingerprint density at radius 3 is 2.41 bits per heavy atom. The third kappa shape index (κ3) is 3.95. The topological polar surface area (TPSA) is 85.8 Å². The average Bonchev–Trinajstić information content (AvgIpc) is 3.04. The quantitative estimate of drug-likeness (QED) is 0.843. The fourth-order valence-corrected chi connectivity index (χ4v) is 2.00. The molecule has 0 saturated carbocycles. The fraction of sp³-hybridized carbons (Fsp3) is 0.250. The number of carbonyl (C=O) groups is 2. The first-order chi connectivity index (χ1) is 10.6. The van der Waals surface area contributed by atoms with Gasteiger partial charge in [0.05, 0.1) is 19.4 Å². The van der Waals surface area contributed by atoms with E-state index in [4.69, 9.17) is 14.9 Å². The van der Waals surface area contributed by atoms with Gasteiger partial charge < -0.3 is 19.8 Å². The number of benzene rings is 1. The molecule has 1 aromatic carbocycles. The highest BCUT2D eigenvalue weighted by Gasteiger charge is 2.17. The molecule has 2 N–H and O–H groups in total. The molecule has 6 nitrogen and oxygen atoms in total. The van der Waals surface area contributed by atoms with E-state index in [1.807, 2.05) is 6.07 Å². The molecular formula is C16H18N2O4. The number of carbonyl (C=O) groups excluding carboxylic acids is 2. The van der Waals surface area contributed by atoms with Crippen LogP contribution in [0.3, 0.4) is 0 Å². The standard InChI is InChI=1S/C16H18N2O4/c1-21-10-8-18(11-14-3-2-9-22-14)16(20)13-6-4-12(5-7-13)15(17)19/h2-7,9H,8,10-11H2,1H3,(H2,17,19). The third-order valence-electron chi connectivity index (χ3n) is 3.20. The van der Waals surface area contributed by atoms with Gasteiger partial charge in [0.2, 0.25) is 5.91 Å². The highest BCUT2D eigenvalue weighted by molar-refractivity contribution is 5.97. The van der Waals surface area contributed by atoms with Gasteiger partial charge in [0, 0.05) is 24.8 Å². The Morgan fingerprint density at radius 1 is 1.18 bits per heavy atom. The van der Waals surface area contributed by atoms with Crippen LogP contribution in [-0.2, 0) is 11.3 Å². The number of furan rings is 1. The highest BCUT2D eigenvalue weighted by Crippen LogP contribution is 2.12. The molecular weight excluding hydrogens is 284 g/mol. The SMILES string of the molecule is COCCN(Cc1ccco1)C(=O)c1ccc(C(N)=O)cc1. The van der Waals surface area contributed by atoms with Gasteiger partial charge in [0.1, 0.15) is 5.76 Å². The average molecular weight is 302 g/mol. The molecule has 22 heavy (non-hydrogen) atoms. The number of nitrogens with two attached hydrogens (primary N) is 1. The summed E-state index contributed by atoms with van der Waals surface area (Å²) in [6.07, 6.45) is 1.57. The minimum absolute atomic E-state index is 0.163. The summed E-state index contributed by atoms with van der Waals surface area (Å²) in [5.41, 5.74) is 6.04. The van der Waals surface area contributed by atoms with Gasteiger partial charge >= 0.3 is 0 Å². The van der Waals surface area contributed by atoms with Crippen LogP contribution in [0.1, 0.15) is 26.5 Å². The van der Waals surface area contributed by atoms with Gasteiger partial charge in [-0.05, 0) is 36.4 Å². The van der Waals surface area contributed by atoms with Crippen LogP contribution in [0.25, 0.3) is 0 Å². The minimum Gasteiger partial charge on any atom is -0.467 e. The summed E-state index contributed by atoms with van der Waals surface area (Å²) in [7, 11) is 1.58. The predicted octanol–water partition coefficient (Wildman–Crippen LogP) is 1.67. The van der Waals surface area contributed by atoms with E-state index in [2.05, 4.69) is 0 Å². The Hall–Kier alpha value is -2.60. The maximum atomic E-state index is 12.6. The molecule has 2 aromatic rings. The lowest BCUT2D eigenvalue weighted by Crippen LogP contribution is -2.33. The van der Waals surface area contributed by atoms with E-state index >= 15 is 0 Å². The fourth-order valence-electron chi connectivity index (χ4n) is 2.00. The summed E-state index contributed by atoms with van der Waals surface area (Å²) < 4.78 is 10.3. The third-order valence-corrected chi connectivity index (χ3v) is 3.20. The van der Waals surface area contributed by atoms with Crippen LogP contribution in [0.15, 0.2) is 47.1 Å². The summed E-state index contributed by atoms with van der Waals surface area (Å²) in [4.78, 5) is 25.3. The van der Waals surface area contributed by atoms with Gasteiger partial charge in [-0.15, -0.1) is 0 Å². The van der Waals surface area contributed by atoms with Crippen LogP contribution in [0.2, 0.25) is 0 Å². The maximum Gasteiger partial charge on any atom is 0.254 e. The molecule has 0 unspecified atom stereocenters. The molecule has 1 heterocycles. The maximum absolute atomic E-state index is 12.6. The second-order valence-corrected chi connectivity index (χ2v) is 4.74. The van der Waals surface area contributed by atoms with E-state index < -0.39 is 5.91 Å². The van der Waals surface area contributed by atoms with Crippen molar-refractivity contribution >= 4 is 11.8 Å². The van der Waals surface area contributed by atoms with E-state index in [1.165, 1.54) is 12.1 Å². The second kappa shape index (κ2) is 7.42. The van der Waals surface area contributed by atoms with Gasteiger partial charge in [-0.1, -0.05) is 0 Å². The lowest BCUT2D eigenvalue weighted by atomic mass is 10.1. The van der Waals surface area contributed by atoms with Crippen molar-refractivity contribution in [1.29, 1.82) is 0 Å². The molecule has 0 radical (unpaired) electrons. The van der Waals surface area contributed by atoms with Gasteiger partial charge in [0.15, 0.2) is 0 Å². The number of hydrogen-bond acceptors (Lipinski definition) is 4. The number of nitrogens with zero attached hydrogens (tertiary/aromatic N) is 1. The molecule has 0 aliphatic heterocycles. The summed E-state index contributed by atoms with van der Waals surface area (Å²) in [5.74, 6) is 0.00787. The molecule has 116 valence electrons. The molecule has 1 aromatic heterocycles. The zero-order valence-corrected chi connectivity index (χ0v) is 12.3. The zero-order valence-electron chi connectivity index (χ0n) is 12.3. The molecule has 0 spiro atoms. The van der Waals surface area contributed by atoms with Gasteiger partial charge in [-0.3, -0.25) is 9.59 Å². The van der Waals surface area contributed by atoms with E-state index in [0.717, 1.165) is 0 Å².